The predicted octanol–water partition coefficient (Wildman–Crippen LogP) is 3.78. The lowest BCUT2D eigenvalue weighted by Crippen LogP contribution is -2.33. The number of nitrogens with one attached hydrogen (secondary N) is 1. The van der Waals surface area contributed by atoms with Crippen LogP contribution in [0.5, 0.6) is 0 Å². The molecule has 0 aliphatic heterocycles. The minimum atomic E-state index is 0.591. The maximum absolute atomic E-state index is 3.57. The topological polar surface area (TPSA) is 12.0 Å². The van der Waals surface area contributed by atoms with Gasteiger partial charge >= 0.3 is 0 Å². The minimum absolute atomic E-state index is 0.591. The van der Waals surface area contributed by atoms with Crippen molar-refractivity contribution in [1.29, 1.82) is 0 Å². The highest BCUT2D eigenvalue weighted by Gasteiger charge is 2.10. The molecule has 1 nitrogen and oxygen atoms in total. The number of likely N-dealkylation sites (N-methyl/N-ethyl adjacent to an activating group) is 1. The van der Waals surface area contributed by atoms with Crippen LogP contribution in [-0.4, -0.2) is 24.6 Å². The van der Waals surface area contributed by atoms with Gasteiger partial charge in [0.1, 0.15) is 0 Å². The van der Waals surface area contributed by atoms with Crippen LogP contribution < -0.4 is 5.32 Å². The summed E-state index contributed by atoms with van der Waals surface area (Å²) >= 11 is 3.78. The maximum atomic E-state index is 3.57. The van der Waals surface area contributed by atoms with Crippen LogP contribution in [0.2, 0.25) is 0 Å². The average Bonchev–Trinajstić information content (AvgIpc) is 2.74. The lowest BCUT2D eigenvalue weighted by molar-refractivity contribution is 0.575. The summed E-state index contributed by atoms with van der Waals surface area (Å²) in [5, 5.41) is 7.32. The van der Waals surface area contributed by atoms with Crippen LogP contribution in [0.3, 0.4) is 0 Å². The summed E-state index contributed by atoms with van der Waals surface area (Å²) in [6, 6.07) is 9.29. The van der Waals surface area contributed by atoms with Crippen molar-refractivity contribution >= 4 is 33.2 Å². The first-order chi connectivity index (χ1) is 8.35. The molecule has 0 radical (unpaired) electrons. The largest absolute Gasteiger partial charge is 0.313 e. The van der Waals surface area contributed by atoms with E-state index < -0.39 is 0 Å². The smallest absolute Gasteiger partial charge is 0.0345 e. The highest BCUT2D eigenvalue weighted by Crippen LogP contribution is 2.26. The molecule has 1 aromatic heterocycles. The molecule has 2 aromatic rings. The number of thioether (sulfide) groups is 1. The fourth-order valence-corrected chi connectivity index (χ4v) is 3.75. The van der Waals surface area contributed by atoms with E-state index in [9.17, 15) is 0 Å². The normalized spacial score (nSPS) is 13.1. The third-order valence-corrected chi connectivity index (χ3v) is 4.64. The van der Waals surface area contributed by atoms with Gasteiger partial charge in [-0.1, -0.05) is 25.1 Å². The van der Waals surface area contributed by atoms with Crippen molar-refractivity contribution in [3.05, 3.63) is 35.2 Å². The minimum Gasteiger partial charge on any atom is -0.313 e. The van der Waals surface area contributed by atoms with E-state index in [1.807, 2.05) is 23.1 Å². The average molecular weight is 265 g/mol. The first-order valence-corrected chi connectivity index (χ1v) is 8.30. The number of rotatable bonds is 6. The molecule has 0 aliphatic carbocycles. The number of hydrogen-bond acceptors (Lipinski definition) is 3. The standard InChI is InChI=1S/C14H19NS2/c1-3-15-12(10-16-2)8-11-9-17-14-7-5-4-6-13(11)14/h4-7,9,12,15H,3,8,10H2,1-2H3. The molecular weight excluding hydrogens is 246 g/mol. The van der Waals surface area contributed by atoms with Crippen LogP contribution in [0.4, 0.5) is 0 Å². The Labute approximate surface area is 112 Å². The van der Waals surface area contributed by atoms with Crippen molar-refractivity contribution in [2.24, 2.45) is 0 Å². The number of benzene rings is 1. The molecule has 1 atom stereocenters. The SMILES string of the molecule is CCNC(CSC)Cc1csc2ccccc12. The second-order valence-corrected chi connectivity index (χ2v) is 5.99. The molecular formula is C14H19NS2. The van der Waals surface area contributed by atoms with Gasteiger partial charge in [0.15, 0.2) is 0 Å². The summed E-state index contributed by atoms with van der Waals surface area (Å²) in [5.74, 6) is 1.18. The molecule has 1 unspecified atom stereocenters. The molecule has 0 amide bonds. The summed E-state index contributed by atoms with van der Waals surface area (Å²) < 4.78 is 1.40. The lowest BCUT2D eigenvalue weighted by atomic mass is 10.1. The second-order valence-electron chi connectivity index (χ2n) is 4.17. The molecule has 1 N–H and O–H groups in total. The van der Waals surface area contributed by atoms with Gasteiger partial charge in [0.05, 0.1) is 0 Å². The van der Waals surface area contributed by atoms with E-state index >= 15 is 0 Å². The van der Waals surface area contributed by atoms with Gasteiger partial charge in [-0.25, -0.2) is 0 Å². The molecule has 3 heteroatoms. The van der Waals surface area contributed by atoms with Gasteiger partial charge in [-0.15, -0.1) is 11.3 Å². The van der Waals surface area contributed by atoms with E-state index in [2.05, 4.69) is 48.1 Å². The van der Waals surface area contributed by atoms with Crippen LogP contribution >= 0.6 is 23.1 Å². The van der Waals surface area contributed by atoms with Gasteiger partial charge in [0, 0.05) is 16.5 Å². The van der Waals surface area contributed by atoms with E-state index in [-0.39, 0.29) is 0 Å². The van der Waals surface area contributed by atoms with E-state index in [1.165, 1.54) is 21.4 Å². The first kappa shape index (κ1) is 12.9. The molecule has 0 fully saturated rings. The van der Waals surface area contributed by atoms with E-state index in [0.29, 0.717) is 6.04 Å². The Kier molecular flexibility index (Phi) is 4.89. The zero-order valence-corrected chi connectivity index (χ0v) is 12.0. The Morgan fingerprint density at radius 1 is 1.35 bits per heavy atom. The van der Waals surface area contributed by atoms with Gasteiger partial charge in [-0.3, -0.25) is 0 Å². The zero-order valence-electron chi connectivity index (χ0n) is 10.4. The van der Waals surface area contributed by atoms with Crippen molar-refractivity contribution in [2.45, 2.75) is 19.4 Å². The molecule has 0 aliphatic rings. The number of fused-ring (bicyclic) bond motifs is 1. The van der Waals surface area contributed by atoms with Crippen molar-refractivity contribution < 1.29 is 0 Å². The van der Waals surface area contributed by atoms with Crippen LogP contribution in [0, 0.1) is 0 Å². The molecule has 2 rings (SSSR count). The Bertz CT molecular complexity index is 458. The van der Waals surface area contributed by atoms with Gasteiger partial charge in [0.25, 0.3) is 0 Å². The van der Waals surface area contributed by atoms with Gasteiger partial charge < -0.3 is 5.32 Å². The quantitative estimate of drug-likeness (QED) is 0.853. The Balaban J connectivity index is 2.15. The highest BCUT2D eigenvalue weighted by molar-refractivity contribution is 7.98. The first-order valence-electron chi connectivity index (χ1n) is 6.02. The highest BCUT2D eigenvalue weighted by atomic mass is 32.2. The molecule has 1 heterocycles. The maximum Gasteiger partial charge on any atom is 0.0345 e. The predicted molar refractivity (Wildman–Crippen MR) is 81.4 cm³/mol. The van der Waals surface area contributed by atoms with E-state index in [0.717, 1.165) is 13.0 Å². The van der Waals surface area contributed by atoms with Crippen molar-refractivity contribution in [1.82, 2.24) is 5.32 Å². The molecule has 17 heavy (non-hydrogen) atoms. The summed E-state index contributed by atoms with van der Waals surface area (Å²) in [5.41, 5.74) is 1.49. The van der Waals surface area contributed by atoms with Crippen LogP contribution in [-0.2, 0) is 6.42 Å². The molecule has 92 valence electrons. The molecule has 1 aromatic carbocycles. The van der Waals surface area contributed by atoms with Crippen LogP contribution in [0.1, 0.15) is 12.5 Å². The van der Waals surface area contributed by atoms with E-state index in [1.54, 1.807) is 0 Å². The van der Waals surface area contributed by atoms with Gasteiger partial charge in [-0.05, 0) is 41.6 Å². The fraction of sp³-hybridized carbons (Fsp3) is 0.429. The van der Waals surface area contributed by atoms with Crippen molar-refractivity contribution in [3.63, 3.8) is 0 Å². The Morgan fingerprint density at radius 3 is 2.94 bits per heavy atom. The summed E-state index contributed by atoms with van der Waals surface area (Å²) in [6.07, 6.45) is 3.31. The van der Waals surface area contributed by atoms with Crippen LogP contribution in [0.15, 0.2) is 29.6 Å². The second kappa shape index (κ2) is 6.43. The number of hydrogen-bond donors (Lipinski definition) is 1. The fourth-order valence-electron chi connectivity index (χ4n) is 2.14. The Morgan fingerprint density at radius 2 is 2.18 bits per heavy atom. The van der Waals surface area contributed by atoms with Crippen molar-refractivity contribution in [3.8, 4) is 0 Å². The zero-order chi connectivity index (χ0) is 12.1. The van der Waals surface area contributed by atoms with Crippen molar-refractivity contribution in [2.75, 3.05) is 18.6 Å². The van der Waals surface area contributed by atoms with Crippen LogP contribution in [0.25, 0.3) is 10.1 Å². The summed E-state index contributed by atoms with van der Waals surface area (Å²) in [7, 11) is 0. The van der Waals surface area contributed by atoms with Gasteiger partial charge in [-0.2, -0.15) is 11.8 Å². The third-order valence-electron chi connectivity index (χ3n) is 2.89. The molecule has 0 spiro atoms. The summed E-state index contributed by atoms with van der Waals surface area (Å²) in [6.45, 7) is 3.23. The lowest BCUT2D eigenvalue weighted by Gasteiger charge is -2.16. The third kappa shape index (κ3) is 3.24. The monoisotopic (exact) mass is 265 g/mol. The molecule has 0 saturated heterocycles. The summed E-state index contributed by atoms with van der Waals surface area (Å²) in [4.78, 5) is 0. The van der Waals surface area contributed by atoms with E-state index in [4.69, 9.17) is 0 Å². The Hall–Kier alpha value is -0.510. The number of thiophene rings is 1. The molecule has 0 bridgehead atoms. The van der Waals surface area contributed by atoms with Gasteiger partial charge in [0.2, 0.25) is 0 Å². The molecule has 0 saturated carbocycles.